The van der Waals surface area contributed by atoms with E-state index in [2.05, 4.69) is 29.4 Å². The van der Waals surface area contributed by atoms with Crippen LogP contribution in [0.4, 0.5) is 5.69 Å². The first-order chi connectivity index (χ1) is 8.99. The molecule has 1 aromatic rings. The van der Waals surface area contributed by atoms with Gasteiger partial charge >= 0.3 is 0 Å². The van der Waals surface area contributed by atoms with E-state index in [4.69, 9.17) is 0 Å². The third-order valence-electron chi connectivity index (χ3n) is 2.95. The zero-order valence-corrected chi connectivity index (χ0v) is 12.3. The van der Waals surface area contributed by atoms with Gasteiger partial charge in [0.2, 0.25) is 5.91 Å². The fraction of sp³-hybridized carbons (Fsp3) is 0.533. The summed E-state index contributed by atoms with van der Waals surface area (Å²) >= 11 is 0. The Kier molecular flexibility index (Phi) is 6.53. The second-order valence-electron chi connectivity index (χ2n) is 5.41. The van der Waals surface area contributed by atoms with Gasteiger partial charge in [-0.05, 0) is 32.1 Å². The average Bonchev–Trinajstić information content (AvgIpc) is 2.35. The van der Waals surface area contributed by atoms with Crippen molar-refractivity contribution in [3.8, 4) is 0 Å². The van der Waals surface area contributed by atoms with Crippen LogP contribution < -0.4 is 10.6 Å². The number of likely N-dealkylation sites (N-methyl/N-ethyl adjacent to an activating group) is 1. The molecule has 0 aliphatic carbocycles. The topological polar surface area (TPSA) is 44.4 Å². The minimum absolute atomic E-state index is 0.00407. The van der Waals surface area contributed by atoms with Crippen LogP contribution in [0.15, 0.2) is 30.3 Å². The first-order valence-corrected chi connectivity index (χ1v) is 6.72. The van der Waals surface area contributed by atoms with Crippen LogP contribution >= 0.6 is 0 Å². The van der Waals surface area contributed by atoms with Crippen LogP contribution in [0.1, 0.15) is 13.8 Å². The Hall–Kier alpha value is -1.39. The molecule has 0 aliphatic heterocycles. The highest BCUT2D eigenvalue weighted by atomic mass is 16.1. The van der Waals surface area contributed by atoms with E-state index in [1.807, 2.05) is 44.4 Å². The predicted molar refractivity (Wildman–Crippen MR) is 80.3 cm³/mol. The smallest absolute Gasteiger partial charge is 0.238 e. The molecule has 0 aromatic heterocycles. The molecule has 19 heavy (non-hydrogen) atoms. The van der Waals surface area contributed by atoms with E-state index in [9.17, 15) is 4.79 Å². The second-order valence-corrected chi connectivity index (χ2v) is 5.41. The Morgan fingerprint density at radius 2 is 1.84 bits per heavy atom. The molecule has 0 fully saturated rings. The molecular weight excluding hydrogens is 238 g/mol. The molecule has 4 heteroatoms. The van der Waals surface area contributed by atoms with Gasteiger partial charge in [0.1, 0.15) is 0 Å². The van der Waals surface area contributed by atoms with Crippen molar-refractivity contribution >= 4 is 11.6 Å². The fourth-order valence-electron chi connectivity index (χ4n) is 1.85. The molecular formula is C15H25N3O. The van der Waals surface area contributed by atoms with Crippen molar-refractivity contribution in [1.82, 2.24) is 10.2 Å². The number of para-hydroxylation sites is 1. The zero-order valence-electron chi connectivity index (χ0n) is 12.3. The number of nitrogens with one attached hydrogen (secondary N) is 2. The number of hydrogen-bond donors (Lipinski definition) is 2. The maximum atomic E-state index is 11.8. The monoisotopic (exact) mass is 263 g/mol. The highest BCUT2D eigenvalue weighted by molar-refractivity contribution is 5.92. The van der Waals surface area contributed by atoms with E-state index in [-0.39, 0.29) is 5.91 Å². The first kappa shape index (κ1) is 15.7. The summed E-state index contributed by atoms with van der Waals surface area (Å²) in [4.78, 5) is 14.0. The normalized spacial score (nSPS) is 12.7. The number of hydrogen-bond acceptors (Lipinski definition) is 3. The van der Waals surface area contributed by atoms with Crippen LogP contribution in [0.25, 0.3) is 0 Å². The Morgan fingerprint density at radius 1 is 1.21 bits per heavy atom. The van der Waals surface area contributed by atoms with Gasteiger partial charge in [-0.3, -0.25) is 4.79 Å². The van der Waals surface area contributed by atoms with Crippen LogP contribution in [-0.4, -0.2) is 44.0 Å². The molecule has 0 radical (unpaired) electrons. The van der Waals surface area contributed by atoms with Crippen molar-refractivity contribution in [1.29, 1.82) is 0 Å². The number of rotatable bonds is 7. The molecule has 1 rings (SSSR count). The minimum Gasteiger partial charge on any atom is -0.325 e. The van der Waals surface area contributed by atoms with Crippen LogP contribution in [0, 0.1) is 5.92 Å². The van der Waals surface area contributed by atoms with Crippen LogP contribution in [0.5, 0.6) is 0 Å². The lowest BCUT2D eigenvalue weighted by molar-refractivity contribution is -0.115. The van der Waals surface area contributed by atoms with Crippen molar-refractivity contribution in [2.75, 3.05) is 32.5 Å². The second kappa shape index (κ2) is 7.92. The number of amides is 1. The van der Waals surface area contributed by atoms with Crippen molar-refractivity contribution in [2.45, 2.75) is 19.9 Å². The highest BCUT2D eigenvalue weighted by Crippen LogP contribution is 2.05. The molecule has 4 nitrogen and oxygen atoms in total. The lowest BCUT2D eigenvalue weighted by Gasteiger charge is -2.25. The van der Waals surface area contributed by atoms with Gasteiger partial charge in [-0.15, -0.1) is 0 Å². The predicted octanol–water partition coefficient (Wildman–Crippen LogP) is 1.80. The van der Waals surface area contributed by atoms with Gasteiger partial charge in [-0.1, -0.05) is 32.0 Å². The third kappa shape index (κ3) is 6.36. The zero-order chi connectivity index (χ0) is 14.3. The molecule has 0 heterocycles. The van der Waals surface area contributed by atoms with E-state index in [0.29, 0.717) is 18.5 Å². The van der Waals surface area contributed by atoms with Crippen LogP contribution in [0.3, 0.4) is 0 Å². The molecule has 0 aliphatic rings. The fourth-order valence-corrected chi connectivity index (χ4v) is 1.85. The van der Waals surface area contributed by atoms with Crippen LogP contribution in [0.2, 0.25) is 0 Å². The van der Waals surface area contributed by atoms with E-state index in [1.54, 1.807) is 0 Å². The Balaban J connectivity index is 2.39. The van der Waals surface area contributed by atoms with Crippen LogP contribution in [-0.2, 0) is 4.79 Å². The van der Waals surface area contributed by atoms with E-state index in [1.165, 1.54) is 0 Å². The van der Waals surface area contributed by atoms with Gasteiger partial charge in [0.15, 0.2) is 0 Å². The molecule has 1 aromatic carbocycles. The van der Waals surface area contributed by atoms with Gasteiger partial charge in [-0.25, -0.2) is 0 Å². The molecule has 0 bridgehead atoms. The first-order valence-electron chi connectivity index (χ1n) is 6.72. The number of carbonyl (C=O) groups is 1. The standard InChI is InChI=1S/C15H25N3O/c1-12(2)14(11-18(3)4)16-10-15(19)17-13-8-6-5-7-9-13/h5-9,12,14,16H,10-11H2,1-4H3,(H,17,19). The quantitative estimate of drug-likeness (QED) is 0.788. The van der Waals surface area contributed by atoms with Crippen molar-refractivity contribution in [2.24, 2.45) is 5.92 Å². The number of carbonyl (C=O) groups excluding carboxylic acids is 1. The molecule has 1 atom stereocenters. The largest absolute Gasteiger partial charge is 0.325 e. The SMILES string of the molecule is CC(C)C(CN(C)C)NCC(=O)Nc1ccccc1. The highest BCUT2D eigenvalue weighted by Gasteiger charge is 2.15. The van der Waals surface area contributed by atoms with Gasteiger partial charge in [0, 0.05) is 18.3 Å². The maximum Gasteiger partial charge on any atom is 0.238 e. The van der Waals surface area contributed by atoms with Crippen molar-refractivity contribution in [3.05, 3.63) is 30.3 Å². The molecule has 0 spiro atoms. The number of anilines is 1. The summed E-state index contributed by atoms with van der Waals surface area (Å²) in [7, 11) is 4.09. The molecule has 1 amide bonds. The van der Waals surface area contributed by atoms with E-state index >= 15 is 0 Å². The molecule has 0 saturated heterocycles. The lowest BCUT2D eigenvalue weighted by Crippen LogP contribution is -2.45. The molecule has 1 unspecified atom stereocenters. The maximum absolute atomic E-state index is 11.8. The van der Waals surface area contributed by atoms with Gasteiger partial charge in [0.05, 0.1) is 6.54 Å². The summed E-state index contributed by atoms with van der Waals surface area (Å²) in [5, 5.41) is 6.19. The summed E-state index contributed by atoms with van der Waals surface area (Å²) in [5.74, 6) is 0.488. The summed E-state index contributed by atoms with van der Waals surface area (Å²) in [6.45, 7) is 5.59. The van der Waals surface area contributed by atoms with Gasteiger partial charge in [0.25, 0.3) is 0 Å². The molecule has 2 N–H and O–H groups in total. The van der Waals surface area contributed by atoms with Gasteiger partial charge in [-0.2, -0.15) is 0 Å². The van der Waals surface area contributed by atoms with E-state index in [0.717, 1.165) is 12.2 Å². The molecule has 0 saturated carbocycles. The van der Waals surface area contributed by atoms with Gasteiger partial charge < -0.3 is 15.5 Å². The Labute approximate surface area is 116 Å². The summed E-state index contributed by atoms with van der Waals surface area (Å²) in [6.07, 6.45) is 0. The summed E-state index contributed by atoms with van der Waals surface area (Å²) in [5.41, 5.74) is 0.836. The van der Waals surface area contributed by atoms with E-state index < -0.39 is 0 Å². The Morgan fingerprint density at radius 3 is 2.37 bits per heavy atom. The summed E-state index contributed by atoms with van der Waals surface area (Å²) in [6, 6.07) is 9.84. The Bertz CT molecular complexity index is 376. The summed E-state index contributed by atoms with van der Waals surface area (Å²) < 4.78 is 0. The van der Waals surface area contributed by atoms with Crippen molar-refractivity contribution in [3.63, 3.8) is 0 Å². The average molecular weight is 263 g/mol. The van der Waals surface area contributed by atoms with Crippen molar-refractivity contribution < 1.29 is 4.79 Å². The molecule has 106 valence electrons. The minimum atomic E-state index is -0.00407. The number of benzene rings is 1. The lowest BCUT2D eigenvalue weighted by atomic mass is 10.0. The third-order valence-corrected chi connectivity index (χ3v) is 2.95. The number of nitrogens with zero attached hydrogens (tertiary/aromatic N) is 1.